The van der Waals surface area contributed by atoms with Crippen molar-refractivity contribution in [2.75, 3.05) is 0 Å². The average Bonchev–Trinajstić information content (AvgIpc) is 3.18. The molecule has 0 aliphatic heterocycles. The van der Waals surface area contributed by atoms with Gasteiger partial charge in [0.2, 0.25) is 0 Å². The van der Waals surface area contributed by atoms with Gasteiger partial charge in [0.1, 0.15) is 11.3 Å². The van der Waals surface area contributed by atoms with E-state index in [9.17, 15) is 4.79 Å². The molecule has 1 N–H and O–H groups in total. The maximum Gasteiger partial charge on any atom is 0.307 e. The lowest BCUT2D eigenvalue weighted by Crippen LogP contribution is -2.17. The molecule has 4 aromatic rings. The Morgan fingerprint density at radius 1 is 1.17 bits per heavy atom. The molecule has 1 amide bonds. The molecule has 0 saturated carbocycles. The highest BCUT2D eigenvalue weighted by atomic mass is 35.5. The van der Waals surface area contributed by atoms with E-state index in [-0.39, 0.29) is 11.9 Å². The van der Waals surface area contributed by atoms with E-state index in [0.29, 0.717) is 10.6 Å². The maximum absolute atomic E-state index is 12.5. The first kappa shape index (κ1) is 20.0. The summed E-state index contributed by atoms with van der Waals surface area (Å²) in [6, 6.07) is 18.8. The minimum Gasteiger partial charge on any atom is -0.490 e. The van der Waals surface area contributed by atoms with Crippen molar-refractivity contribution in [1.82, 2.24) is 5.43 Å². The van der Waals surface area contributed by atoms with E-state index in [1.807, 2.05) is 43.3 Å². The van der Waals surface area contributed by atoms with Gasteiger partial charge in [-0.05, 0) is 54.4 Å². The van der Waals surface area contributed by atoms with Crippen LogP contribution in [0.4, 0.5) is 0 Å². The van der Waals surface area contributed by atoms with E-state index in [2.05, 4.69) is 17.5 Å². The van der Waals surface area contributed by atoms with Crippen LogP contribution in [-0.4, -0.2) is 18.2 Å². The molecular weight excluding hydrogens is 400 g/mol. The number of hydrazone groups is 1. The molecule has 1 aromatic heterocycles. The Bertz CT molecular complexity index is 1250. The number of nitrogens with one attached hydrogen (secondary N) is 1. The van der Waals surface area contributed by atoms with Crippen molar-refractivity contribution in [3.63, 3.8) is 0 Å². The van der Waals surface area contributed by atoms with Gasteiger partial charge in [-0.2, -0.15) is 5.10 Å². The Kier molecular flexibility index (Phi) is 5.72. The summed E-state index contributed by atoms with van der Waals surface area (Å²) < 4.78 is 11.6. The molecule has 0 aliphatic rings. The second-order valence-corrected chi connectivity index (χ2v) is 7.46. The molecule has 152 valence electrons. The zero-order chi connectivity index (χ0) is 21.1. The Hall–Kier alpha value is -3.31. The van der Waals surface area contributed by atoms with Gasteiger partial charge in [0.15, 0.2) is 5.76 Å². The predicted molar refractivity (Wildman–Crippen MR) is 121 cm³/mol. The van der Waals surface area contributed by atoms with Gasteiger partial charge >= 0.3 is 5.91 Å². The first-order chi connectivity index (χ1) is 14.5. The Balaban J connectivity index is 1.60. The number of halogens is 1. The molecule has 1 heterocycles. The van der Waals surface area contributed by atoms with Crippen molar-refractivity contribution in [1.29, 1.82) is 0 Å². The summed E-state index contributed by atoms with van der Waals surface area (Å²) in [6.45, 7) is 4.09. The summed E-state index contributed by atoms with van der Waals surface area (Å²) in [5.41, 5.74) is 3.93. The number of amides is 1. The number of carbonyl (C=O) groups is 1. The fraction of sp³-hybridized carbons (Fsp3) is 0.167. The zero-order valence-electron chi connectivity index (χ0n) is 16.7. The predicted octanol–water partition coefficient (Wildman–Crippen LogP) is 6.18. The first-order valence-corrected chi connectivity index (χ1v) is 10.1. The van der Waals surface area contributed by atoms with Gasteiger partial charge in [-0.3, -0.25) is 4.79 Å². The number of hydrogen-bond donors (Lipinski definition) is 1. The lowest BCUT2D eigenvalue weighted by atomic mass is 10.0. The van der Waals surface area contributed by atoms with Crippen molar-refractivity contribution in [3.8, 4) is 5.75 Å². The molecule has 30 heavy (non-hydrogen) atoms. The van der Waals surface area contributed by atoms with Crippen molar-refractivity contribution in [2.45, 2.75) is 26.4 Å². The van der Waals surface area contributed by atoms with Gasteiger partial charge in [-0.25, -0.2) is 5.43 Å². The summed E-state index contributed by atoms with van der Waals surface area (Å²) in [4.78, 5) is 12.5. The third-order valence-electron chi connectivity index (χ3n) is 4.90. The van der Waals surface area contributed by atoms with Gasteiger partial charge in [-0.1, -0.05) is 48.9 Å². The highest BCUT2D eigenvalue weighted by molar-refractivity contribution is 6.31. The number of hydrogen-bond acceptors (Lipinski definition) is 4. The molecule has 1 atom stereocenters. The van der Waals surface area contributed by atoms with Gasteiger partial charge in [0.25, 0.3) is 0 Å². The monoisotopic (exact) mass is 420 g/mol. The smallest absolute Gasteiger partial charge is 0.307 e. The highest BCUT2D eigenvalue weighted by Gasteiger charge is 2.13. The SMILES string of the molecule is CC[C@@H](C)Oc1ccc2ccccc2c1/C=N/NC(=O)c1cc2cc(Cl)ccc2o1. The molecule has 0 aliphatic carbocycles. The standard InChI is InChI=1S/C24H21ClN2O3/c1-3-15(2)29-22-10-8-16-6-4-5-7-19(16)20(22)14-26-27-24(28)23-13-17-12-18(25)9-11-21(17)30-23/h4-15H,3H2,1-2H3,(H,27,28)/b26-14+/t15-/m1/s1. The van der Waals surface area contributed by atoms with Crippen LogP contribution in [0, 0.1) is 0 Å². The molecule has 3 aromatic carbocycles. The van der Waals surface area contributed by atoms with Crippen LogP contribution >= 0.6 is 11.6 Å². The van der Waals surface area contributed by atoms with Crippen molar-refractivity contribution >= 4 is 45.5 Å². The Labute approximate surface area is 179 Å². The number of fused-ring (bicyclic) bond motifs is 2. The Morgan fingerprint density at radius 2 is 2.00 bits per heavy atom. The average molecular weight is 421 g/mol. The van der Waals surface area contributed by atoms with Crippen LogP contribution in [0.3, 0.4) is 0 Å². The molecule has 0 spiro atoms. The fourth-order valence-corrected chi connectivity index (χ4v) is 3.33. The molecule has 0 unspecified atom stereocenters. The van der Waals surface area contributed by atoms with Crippen LogP contribution < -0.4 is 10.2 Å². The quantitative estimate of drug-likeness (QED) is 0.299. The van der Waals surface area contributed by atoms with Gasteiger partial charge in [0.05, 0.1) is 12.3 Å². The van der Waals surface area contributed by atoms with Crippen molar-refractivity contribution in [2.24, 2.45) is 5.10 Å². The minimum atomic E-state index is -0.441. The Morgan fingerprint density at radius 3 is 2.83 bits per heavy atom. The third kappa shape index (κ3) is 4.16. The van der Waals surface area contributed by atoms with Gasteiger partial charge in [-0.15, -0.1) is 0 Å². The summed E-state index contributed by atoms with van der Waals surface area (Å²) in [5.74, 6) is 0.445. The maximum atomic E-state index is 12.5. The zero-order valence-corrected chi connectivity index (χ0v) is 17.4. The number of carbonyl (C=O) groups excluding carboxylic acids is 1. The second-order valence-electron chi connectivity index (χ2n) is 7.03. The van der Waals surface area contributed by atoms with Crippen LogP contribution in [0.1, 0.15) is 36.4 Å². The molecule has 0 saturated heterocycles. The van der Waals surface area contributed by atoms with E-state index < -0.39 is 5.91 Å². The number of nitrogens with zero attached hydrogens (tertiary/aromatic N) is 1. The van der Waals surface area contributed by atoms with Crippen LogP contribution in [0.25, 0.3) is 21.7 Å². The number of furan rings is 1. The lowest BCUT2D eigenvalue weighted by molar-refractivity contribution is 0.0929. The molecule has 5 nitrogen and oxygen atoms in total. The normalized spacial score (nSPS) is 12.5. The van der Waals surface area contributed by atoms with Crippen LogP contribution in [0.2, 0.25) is 5.02 Å². The number of ether oxygens (including phenoxy) is 1. The molecular formula is C24H21ClN2O3. The highest BCUT2D eigenvalue weighted by Crippen LogP contribution is 2.28. The van der Waals surface area contributed by atoms with E-state index in [4.69, 9.17) is 20.8 Å². The molecule has 0 fully saturated rings. The number of rotatable bonds is 6. The van der Waals surface area contributed by atoms with E-state index in [1.165, 1.54) is 0 Å². The summed E-state index contributed by atoms with van der Waals surface area (Å²) in [6.07, 6.45) is 2.56. The van der Waals surface area contributed by atoms with Crippen LogP contribution in [0.15, 0.2) is 70.2 Å². The lowest BCUT2D eigenvalue weighted by Gasteiger charge is -2.16. The van der Waals surface area contributed by atoms with Crippen molar-refractivity contribution in [3.05, 3.63) is 77.0 Å². The molecule has 0 radical (unpaired) electrons. The summed E-state index contributed by atoms with van der Waals surface area (Å²) in [7, 11) is 0. The fourth-order valence-electron chi connectivity index (χ4n) is 3.15. The first-order valence-electron chi connectivity index (χ1n) is 9.76. The van der Waals surface area contributed by atoms with Crippen LogP contribution in [0.5, 0.6) is 5.75 Å². The molecule has 6 heteroatoms. The van der Waals surface area contributed by atoms with Crippen molar-refractivity contribution < 1.29 is 13.9 Å². The summed E-state index contributed by atoms with van der Waals surface area (Å²) >= 11 is 5.99. The van der Waals surface area contributed by atoms with Crippen LogP contribution in [-0.2, 0) is 0 Å². The topological polar surface area (TPSA) is 63.8 Å². The summed E-state index contributed by atoms with van der Waals surface area (Å²) in [5, 5.41) is 7.56. The van der Waals surface area contributed by atoms with Gasteiger partial charge < -0.3 is 9.15 Å². The number of benzene rings is 3. The minimum absolute atomic E-state index is 0.0651. The van der Waals surface area contributed by atoms with E-state index in [0.717, 1.165) is 33.9 Å². The molecule has 4 rings (SSSR count). The van der Waals surface area contributed by atoms with E-state index in [1.54, 1.807) is 30.5 Å². The second kappa shape index (κ2) is 8.59. The van der Waals surface area contributed by atoms with Gasteiger partial charge in [0, 0.05) is 16.0 Å². The largest absolute Gasteiger partial charge is 0.490 e. The third-order valence-corrected chi connectivity index (χ3v) is 5.13. The van der Waals surface area contributed by atoms with E-state index >= 15 is 0 Å². The molecule has 0 bridgehead atoms.